The van der Waals surface area contributed by atoms with Crippen molar-refractivity contribution in [1.82, 2.24) is 19.7 Å². The third kappa shape index (κ3) is 3.48. The molecule has 0 atom stereocenters. The van der Waals surface area contributed by atoms with Gasteiger partial charge in [-0.2, -0.15) is 5.10 Å². The lowest BCUT2D eigenvalue weighted by Crippen LogP contribution is -2.17. The van der Waals surface area contributed by atoms with E-state index < -0.39 is 26.6 Å². The fourth-order valence-electron chi connectivity index (χ4n) is 2.13. The predicted molar refractivity (Wildman–Crippen MR) is 86.1 cm³/mol. The molecule has 0 bridgehead atoms. The van der Waals surface area contributed by atoms with Crippen LogP contribution in [0.25, 0.3) is 11.3 Å². The molecule has 0 saturated heterocycles. The van der Waals surface area contributed by atoms with Gasteiger partial charge in [-0.05, 0) is 24.6 Å². The number of halogens is 2. The summed E-state index contributed by atoms with van der Waals surface area (Å²) in [5.41, 5.74) is 1.11. The molecule has 0 spiro atoms. The van der Waals surface area contributed by atoms with Gasteiger partial charge in [-0.25, -0.2) is 31.9 Å². The number of nitrogens with zero attached hydrogens (tertiary/aromatic N) is 4. The van der Waals surface area contributed by atoms with Crippen molar-refractivity contribution in [2.45, 2.75) is 11.8 Å². The number of aryl methyl sites for hydroxylation is 2. The Balaban J connectivity index is 1.95. The summed E-state index contributed by atoms with van der Waals surface area (Å²) in [6.07, 6.45) is 4.62. The molecule has 0 unspecified atom stereocenters. The van der Waals surface area contributed by atoms with E-state index in [1.54, 1.807) is 30.2 Å². The number of benzene rings is 1. The fourth-order valence-corrected chi connectivity index (χ4v) is 3.23. The molecule has 0 aliphatic heterocycles. The predicted octanol–water partition coefficient (Wildman–Crippen LogP) is 2.26. The van der Waals surface area contributed by atoms with Gasteiger partial charge in [0.2, 0.25) is 5.95 Å². The highest BCUT2D eigenvalue weighted by Crippen LogP contribution is 2.22. The Morgan fingerprint density at radius 3 is 2.64 bits per heavy atom. The molecule has 0 saturated carbocycles. The first-order valence-electron chi connectivity index (χ1n) is 7.07. The molecular formula is C15H13F2N5O2S. The Bertz CT molecular complexity index is 1050. The standard InChI is InChI=1S/C15H13F2N5O2S/c1-9-5-14(12(17)6-11(9)16)25(23,24)21-15-18-4-3-13(20-15)10-7-19-22(2)8-10/h3-8H,1-2H3,(H,18,20,21). The Labute approximate surface area is 142 Å². The molecule has 1 aromatic carbocycles. The quantitative estimate of drug-likeness (QED) is 0.766. The summed E-state index contributed by atoms with van der Waals surface area (Å²) in [7, 11) is -2.58. The van der Waals surface area contributed by atoms with E-state index in [4.69, 9.17) is 0 Å². The van der Waals surface area contributed by atoms with Crippen LogP contribution in [0.2, 0.25) is 0 Å². The van der Waals surface area contributed by atoms with Gasteiger partial charge in [-0.1, -0.05) is 0 Å². The summed E-state index contributed by atoms with van der Waals surface area (Å²) >= 11 is 0. The highest BCUT2D eigenvalue weighted by molar-refractivity contribution is 7.92. The first-order chi connectivity index (χ1) is 11.8. The van der Waals surface area contributed by atoms with Crippen molar-refractivity contribution in [1.29, 1.82) is 0 Å². The van der Waals surface area contributed by atoms with E-state index >= 15 is 0 Å². The topological polar surface area (TPSA) is 89.8 Å². The van der Waals surface area contributed by atoms with Crippen LogP contribution in [0.15, 0.2) is 41.7 Å². The molecule has 3 aromatic rings. The molecular weight excluding hydrogens is 352 g/mol. The van der Waals surface area contributed by atoms with Crippen LogP contribution in [-0.2, 0) is 17.1 Å². The highest BCUT2D eigenvalue weighted by atomic mass is 32.2. The first-order valence-corrected chi connectivity index (χ1v) is 8.55. The van der Waals surface area contributed by atoms with Crippen molar-refractivity contribution in [3.8, 4) is 11.3 Å². The van der Waals surface area contributed by atoms with E-state index in [-0.39, 0.29) is 11.5 Å². The van der Waals surface area contributed by atoms with E-state index in [2.05, 4.69) is 19.8 Å². The minimum Gasteiger partial charge on any atom is -0.275 e. The summed E-state index contributed by atoms with van der Waals surface area (Å²) in [6.45, 7) is 1.34. The van der Waals surface area contributed by atoms with E-state index in [0.29, 0.717) is 17.3 Å². The molecule has 7 nitrogen and oxygen atoms in total. The summed E-state index contributed by atoms with van der Waals surface area (Å²) in [5, 5.41) is 4.01. The maximum absolute atomic E-state index is 13.9. The number of hydrogen-bond donors (Lipinski definition) is 1. The van der Waals surface area contributed by atoms with E-state index in [9.17, 15) is 17.2 Å². The normalized spacial score (nSPS) is 11.5. The summed E-state index contributed by atoms with van der Waals surface area (Å²) in [6, 6.07) is 3.02. The Morgan fingerprint density at radius 1 is 1.20 bits per heavy atom. The van der Waals surface area contributed by atoms with Crippen LogP contribution in [0.1, 0.15) is 5.56 Å². The molecule has 130 valence electrons. The molecule has 25 heavy (non-hydrogen) atoms. The van der Waals surface area contributed by atoms with Gasteiger partial charge in [0.15, 0.2) is 0 Å². The van der Waals surface area contributed by atoms with Crippen molar-refractivity contribution in [3.05, 3.63) is 54.0 Å². The number of aromatic nitrogens is 4. The summed E-state index contributed by atoms with van der Waals surface area (Å²) in [4.78, 5) is 7.23. The second-order valence-electron chi connectivity index (χ2n) is 5.31. The Kier molecular flexibility index (Phi) is 4.21. The molecule has 10 heteroatoms. The molecule has 2 heterocycles. The lowest BCUT2D eigenvalue weighted by molar-refractivity contribution is 0.547. The van der Waals surface area contributed by atoms with Crippen molar-refractivity contribution < 1.29 is 17.2 Å². The number of anilines is 1. The minimum atomic E-state index is -4.31. The fraction of sp³-hybridized carbons (Fsp3) is 0.133. The molecule has 0 amide bonds. The average molecular weight is 365 g/mol. The third-order valence-electron chi connectivity index (χ3n) is 3.38. The van der Waals surface area contributed by atoms with Crippen molar-refractivity contribution in [3.63, 3.8) is 0 Å². The second-order valence-corrected chi connectivity index (χ2v) is 6.96. The number of hydrogen-bond acceptors (Lipinski definition) is 5. The summed E-state index contributed by atoms with van der Waals surface area (Å²) < 4.78 is 55.6. The van der Waals surface area contributed by atoms with Crippen LogP contribution in [0.3, 0.4) is 0 Å². The highest BCUT2D eigenvalue weighted by Gasteiger charge is 2.22. The first kappa shape index (κ1) is 17.0. The van der Waals surface area contributed by atoms with Crippen LogP contribution in [0, 0.1) is 18.6 Å². The molecule has 3 rings (SSSR count). The zero-order valence-electron chi connectivity index (χ0n) is 13.2. The molecule has 0 aliphatic rings. The Morgan fingerprint density at radius 2 is 1.96 bits per heavy atom. The van der Waals surface area contributed by atoms with Gasteiger partial charge in [0.1, 0.15) is 16.5 Å². The van der Waals surface area contributed by atoms with Crippen molar-refractivity contribution in [2.24, 2.45) is 7.05 Å². The van der Waals surface area contributed by atoms with Gasteiger partial charge < -0.3 is 0 Å². The third-order valence-corrected chi connectivity index (χ3v) is 4.73. The smallest absolute Gasteiger partial charge is 0.267 e. The molecule has 0 aliphatic carbocycles. The zero-order chi connectivity index (χ0) is 18.2. The molecule has 2 aromatic heterocycles. The van der Waals surface area contributed by atoms with Gasteiger partial charge in [-0.3, -0.25) is 4.68 Å². The molecule has 1 N–H and O–H groups in total. The van der Waals surface area contributed by atoms with Gasteiger partial charge in [0, 0.05) is 31.1 Å². The number of rotatable bonds is 4. The minimum absolute atomic E-state index is 0.00630. The Hall–Kier alpha value is -2.88. The van der Waals surface area contributed by atoms with Gasteiger partial charge >= 0.3 is 0 Å². The van der Waals surface area contributed by atoms with Crippen LogP contribution in [0.5, 0.6) is 0 Å². The largest absolute Gasteiger partial charge is 0.275 e. The maximum atomic E-state index is 13.9. The van der Waals surface area contributed by atoms with Crippen LogP contribution in [-0.4, -0.2) is 28.2 Å². The van der Waals surface area contributed by atoms with Crippen molar-refractivity contribution >= 4 is 16.0 Å². The number of nitrogens with one attached hydrogen (secondary N) is 1. The van der Waals surface area contributed by atoms with E-state index in [0.717, 1.165) is 6.07 Å². The molecule has 0 fully saturated rings. The summed E-state index contributed by atoms with van der Waals surface area (Å²) in [5.74, 6) is -2.26. The lowest BCUT2D eigenvalue weighted by atomic mass is 10.2. The van der Waals surface area contributed by atoms with Crippen LogP contribution in [0.4, 0.5) is 14.7 Å². The lowest BCUT2D eigenvalue weighted by Gasteiger charge is -2.09. The SMILES string of the molecule is Cc1cc(S(=O)(=O)Nc2nccc(-c3cnn(C)c3)n2)c(F)cc1F. The maximum Gasteiger partial charge on any atom is 0.267 e. The zero-order valence-corrected chi connectivity index (χ0v) is 14.1. The van der Waals surface area contributed by atoms with Gasteiger partial charge in [0.25, 0.3) is 10.0 Å². The van der Waals surface area contributed by atoms with Crippen molar-refractivity contribution in [2.75, 3.05) is 4.72 Å². The monoisotopic (exact) mass is 365 g/mol. The molecule has 0 radical (unpaired) electrons. The van der Waals surface area contributed by atoms with Gasteiger partial charge in [0.05, 0.1) is 11.9 Å². The van der Waals surface area contributed by atoms with E-state index in [1.165, 1.54) is 13.1 Å². The average Bonchev–Trinajstić information content (AvgIpc) is 2.97. The number of sulfonamides is 1. The van der Waals surface area contributed by atoms with Crippen LogP contribution >= 0.6 is 0 Å². The van der Waals surface area contributed by atoms with Gasteiger partial charge in [-0.15, -0.1) is 0 Å². The van der Waals surface area contributed by atoms with E-state index in [1.807, 2.05) is 0 Å². The second kappa shape index (κ2) is 6.20. The van der Waals surface area contributed by atoms with Crippen LogP contribution < -0.4 is 4.72 Å².